The van der Waals surface area contributed by atoms with Crippen molar-refractivity contribution >= 4 is 15.7 Å². The van der Waals surface area contributed by atoms with Gasteiger partial charge in [0, 0.05) is 50.3 Å². The molecule has 3 atom stereocenters. The fourth-order valence-electron chi connectivity index (χ4n) is 4.69. The van der Waals surface area contributed by atoms with Crippen LogP contribution in [-0.2, 0) is 14.6 Å². The Bertz CT molecular complexity index is 1060. The van der Waals surface area contributed by atoms with Gasteiger partial charge in [-0.1, -0.05) is 24.3 Å². The predicted molar refractivity (Wildman–Crippen MR) is 110 cm³/mol. The van der Waals surface area contributed by atoms with Crippen LogP contribution in [0.15, 0.2) is 58.2 Å². The number of piperidine rings is 1. The molecule has 0 spiro atoms. The summed E-state index contributed by atoms with van der Waals surface area (Å²) in [4.78, 5) is 27.6. The number of fused-ring (bicyclic) bond motifs is 4. The number of rotatable bonds is 5. The van der Waals surface area contributed by atoms with E-state index in [0.29, 0.717) is 24.5 Å². The van der Waals surface area contributed by atoms with Crippen molar-refractivity contribution in [2.75, 3.05) is 32.4 Å². The zero-order valence-electron chi connectivity index (χ0n) is 16.3. The SMILES string of the molecule is CNC(=O)[C@H]1[C@H]2C[C@H](CN(CCS(=O)(=O)c3ccccc3)C2)c2cccc(=O)n21. The van der Waals surface area contributed by atoms with E-state index in [0.717, 1.165) is 12.1 Å². The van der Waals surface area contributed by atoms with Crippen molar-refractivity contribution in [3.8, 4) is 0 Å². The van der Waals surface area contributed by atoms with Gasteiger partial charge in [-0.05, 0) is 24.6 Å². The summed E-state index contributed by atoms with van der Waals surface area (Å²) >= 11 is 0. The van der Waals surface area contributed by atoms with E-state index in [1.165, 1.54) is 6.07 Å². The fraction of sp³-hybridized carbons (Fsp3) is 0.429. The summed E-state index contributed by atoms with van der Waals surface area (Å²) in [6.45, 7) is 1.69. The number of aromatic nitrogens is 1. The Hall–Kier alpha value is -2.45. The quantitative estimate of drug-likeness (QED) is 0.788. The molecule has 0 radical (unpaired) electrons. The lowest BCUT2D eigenvalue weighted by Gasteiger charge is -2.46. The lowest BCUT2D eigenvalue weighted by molar-refractivity contribution is -0.127. The third kappa shape index (κ3) is 3.74. The van der Waals surface area contributed by atoms with Gasteiger partial charge in [0.15, 0.2) is 9.84 Å². The topological polar surface area (TPSA) is 88.5 Å². The zero-order valence-corrected chi connectivity index (χ0v) is 17.1. The van der Waals surface area contributed by atoms with Crippen LogP contribution >= 0.6 is 0 Å². The molecule has 1 aromatic heterocycles. The standard InChI is InChI=1S/C21H25N3O4S/c1-22-21(26)20-16-12-15(18-8-5-9-19(25)24(18)20)13-23(14-16)10-11-29(27,28)17-6-3-2-4-7-17/h2-9,15-16,20H,10-14H2,1H3,(H,22,26)/t15-,16+,20-/m1/s1. The van der Waals surface area contributed by atoms with E-state index in [1.54, 1.807) is 48.0 Å². The van der Waals surface area contributed by atoms with Gasteiger partial charge >= 0.3 is 0 Å². The molecule has 2 aromatic rings. The molecule has 1 aromatic carbocycles. The molecule has 2 bridgehead atoms. The Kier molecular flexibility index (Phi) is 5.31. The Balaban J connectivity index is 1.57. The van der Waals surface area contributed by atoms with Gasteiger partial charge in [-0.3, -0.25) is 14.2 Å². The second-order valence-electron chi connectivity index (χ2n) is 7.80. The first-order valence-corrected chi connectivity index (χ1v) is 11.5. The minimum atomic E-state index is -3.36. The van der Waals surface area contributed by atoms with Gasteiger partial charge in [-0.15, -0.1) is 0 Å². The lowest BCUT2D eigenvalue weighted by Crippen LogP contribution is -2.53. The van der Waals surface area contributed by atoms with Crippen molar-refractivity contribution < 1.29 is 13.2 Å². The van der Waals surface area contributed by atoms with Gasteiger partial charge in [-0.2, -0.15) is 0 Å². The summed E-state index contributed by atoms with van der Waals surface area (Å²) in [7, 11) is -1.78. The summed E-state index contributed by atoms with van der Waals surface area (Å²) < 4.78 is 26.9. The second-order valence-corrected chi connectivity index (χ2v) is 9.91. The van der Waals surface area contributed by atoms with Crippen LogP contribution < -0.4 is 10.9 Å². The van der Waals surface area contributed by atoms with Crippen molar-refractivity contribution in [1.29, 1.82) is 0 Å². The number of likely N-dealkylation sites (tertiary alicyclic amines) is 1. The van der Waals surface area contributed by atoms with E-state index in [4.69, 9.17) is 0 Å². The molecule has 0 saturated carbocycles. The Morgan fingerprint density at radius 2 is 1.86 bits per heavy atom. The number of nitrogens with one attached hydrogen (secondary N) is 1. The smallest absolute Gasteiger partial charge is 0.251 e. The number of pyridine rings is 1. The molecule has 8 heteroatoms. The molecule has 4 rings (SSSR count). The zero-order chi connectivity index (χ0) is 20.6. The molecule has 0 aliphatic carbocycles. The van der Waals surface area contributed by atoms with E-state index < -0.39 is 15.9 Å². The largest absolute Gasteiger partial charge is 0.357 e. The molecular weight excluding hydrogens is 390 g/mol. The Labute approximate surface area is 170 Å². The van der Waals surface area contributed by atoms with Crippen LogP contribution in [0.25, 0.3) is 0 Å². The number of benzene rings is 1. The van der Waals surface area contributed by atoms with Crippen molar-refractivity contribution in [2.45, 2.75) is 23.3 Å². The average Bonchev–Trinajstić information content (AvgIpc) is 2.73. The van der Waals surface area contributed by atoms with E-state index in [1.807, 2.05) is 6.07 Å². The molecule has 1 fully saturated rings. The van der Waals surface area contributed by atoms with Gasteiger partial charge in [0.2, 0.25) is 5.91 Å². The highest BCUT2D eigenvalue weighted by molar-refractivity contribution is 7.91. The molecule has 2 aliphatic heterocycles. The number of carbonyl (C=O) groups is 1. The molecule has 3 heterocycles. The average molecular weight is 416 g/mol. The van der Waals surface area contributed by atoms with Gasteiger partial charge in [0.1, 0.15) is 6.04 Å². The van der Waals surface area contributed by atoms with Crippen LogP contribution in [0.2, 0.25) is 0 Å². The van der Waals surface area contributed by atoms with Gasteiger partial charge in [-0.25, -0.2) is 8.42 Å². The molecule has 29 heavy (non-hydrogen) atoms. The highest BCUT2D eigenvalue weighted by Gasteiger charge is 2.43. The summed E-state index contributed by atoms with van der Waals surface area (Å²) in [5.41, 5.74) is 0.698. The van der Waals surface area contributed by atoms with Crippen LogP contribution in [0.1, 0.15) is 24.1 Å². The number of carbonyl (C=O) groups excluding carboxylic acids is 1. The van der Waals surface area contributed by atoms with E-state index in [9.17, 15) is 18.0 Å². The van der Waals surface area contributed by atoms with E-state index >= 15 is 0 Å². The summed E-state index contributed by atoms with van der Waals surface area (Å²) in [5, 5.41) is 2.69. The maximum Gasteiger partial charge on any atom is 0.251 e. The van der Waals surface area contributed by atoms with Gasteiger partial charge in [0.25, 0.3) is 5.56 Å². The number of likely N-dealkylation sites (N-methyl/N-ethyl adjacent to an activating group) is 1. The molecule has 154 valence electrons. The van der Waals surface area contributed by atoms with Crippen LogP contribution in [0.5, 0.6) is 0 Å². The molecule has 1 amide bonds. The van der Waals surface area contributed by atoms with E-state index in [-0.39, 0.29) is 29.1 Å². The minimum Gasteiger partial charge on any atom is -0.357 e. The monoisotopic (exact) mass is 415 g/mol. The van der Waals surface area contributed by atoms with Crippen LogP contribution in [-0.4, -0.2) is 56.2 Å². The van der Waals surface area contributed by atoms with Gasteiger partial charge < -0.3 is 10.2 Å². The Morgan fingerprint density at radius 1 is 1.10 bits per heavy atom. The summed E-state index contributed by atoms with van der Waals surface area (Å²) in [5.74, 6) is -0.0617. The second kappa shape index (κ2) is 7.76. The number of hydrogen-bond acceptors (Lipinski definition) is 5. The third-order valence-electron chi connectivity index (χ3n) is 6.02. The lowest BCUT2D eigenvalue weighted by atomic mass is 9.78. The van der Waals surface area contributed by atoms with Crippen LogP contribution in [0.4, 0.5) is 0 Å². The molecular formula is C21H25N3O4S. The predicted octanol–water partition coefficient (Wildman–Crippen LogP) is 1.03. The first-order chi connectivity index (χ1) is 13.9. The van der Waals surface area contributed by atoms with Crippen molar-refractivity contribution in [1.82, 2.24) is 14.8 Å². The van der Waals surface area contributed by atoms with E-state index in [2.05, 4.69) is 10.2 Å². The highest BCUT2D eigenvalue weighted by Crippen LogP contribution is 2.41. The third-order valence-corrected chi connectivity index (χ3v) is 7.73. The molecule has 2 aliphatic rings. The van der Waals surface area contributed by atoms with Crippen molar-refractivity contribution in [2.24, 2.45) is 5.92 Å². The number of sulfone groups is 1. The van der Waals surface area contributed by atoms with Crippen molar-refractivity contribution in [3.63, 3.8) is 0 Å². The normalized spacial score (nSPS) is 24.0. The first-order valence-electron chi connectivity index (χ1n) is 9.84. The van der Waals surface area contributed by atoms with Gasteiger partial charge in [0.05, 0.1) is 10.6 Å². The Morgan fingerprint density at radius 3 is 2.59 bits per heavy atom. The number of hydrogen-bond donors (Lipinski definition) is 1. The number of nitrogens with zero attached hydrogens (tertiary/aromatic N) is 2. The first kappa shape index (κ1) is 19.8. The summed E-state index contributed by atoms with van der Waals surface area (Å²) in [6.07, 6.45) is 0.823. The highest BCUT2D eigenvalue weighted by atomic mass is 32.2. The number of amides is 1. The molecule has 0 unspecified atom stereocenters. The molecule has 1 saturated heterocycles. The van der Waals surface area contributed by atoms with Crippen molar-refractivity contribution in [3.05, 3.63) is 64.6 Å². The summed E-state index contributed by atoms with van der Waals surface area (Å²) in [6, 6.07) is 13.0. The van der Waals surface area contributed by atoms with Crippen LogP contribution in [0, 0.1) is 5.92 Å². The molecule has 1 N–H and O–H groups in total. The minimum absolute atomic E-state index is 0.0271. The fourth-order valence-corrected chi connectivity index (χ4v) is 6.00. The maximum atomic E-state index is 12.6. The van der Waals surface area contributed by atoms with Crippen LogP contribution in [0.3, 0.4) is 0 Å². The molecule has 7 nitrogen and oxygen atoms in total. The maximum absolute atomic E-state index is 12.6.